The van der Waals surface area contributed by atoms with Gasteiger partial charge in [0.2, 0.25) is 0 Å². The molecule has 1 unspecified atom stereocenters. The lowest BCUT2D eigenvalue weighted by molar-refractivity contribution is 0.231. The quantitative estimate of drug-likeness (QED) is 0.870. The maximum Gasteiger partial charge on any atom is 0.134 e. The van der Waals surface area contributed by atoms with Gasteiger partial charge in [0.05, 0.1) is 5.54 Å². The molecule has 1 atom stereocenters. The molecule has 1 aliphatic heterocycles. The van der Waals surface area contributed by atoms with Crippen molar-refractivity contribution >= 4 is 11.0 Å². The predicted octanol–water partition coefficient (Wildman–Crippen LogP) is 4.20. The molecule has 2 fully saturated rings. The lowest BCUT2D eigenvalue weighted by Crippen LogP contribution is -2.43. The molecule has 2 aliphatic rings. The molecule has 2 heteroatoms. The third-order valence-electron chi connectivity index (χ3n) is 4.83. The van der Waals surface area contributed by atoms with Gasteiger partial charge in [-0.05, 0) is 50.3 Å². The van der Waals surface area contributed by atoms with Gasteiger partial charge in [-0.15, -0.1) is 0 Å². The Kier molecular flexibility index (Phi) is 2.66. The second-order valence-corrected chi connectivity index (χ2v) is 6.13. The Morgan fingerprint density at radius 1 is 1.11 bits per heavy atom. The van der Waals surface area contributed by atoms with Crippen molar-refractivity contribution in [3.63, 3.8) is 0 Å². The van der Waals surface area contributed by atoms with E-state index in [1.165, 1.54) is 49.7 Å². The first-order chi connectivity index (χ1) is 9.38. The zero-order valence-corrected chi connectivity index (χ0v) is 11.3. The number of para-hydroxylation sites is 1. The highest BCUT2D eigenvalue weighted by Crippen LogP contribution is 2.50. The summed E-state index contributed by atoms with van der Waals surface area (Å²) in [5.41, 5.74) is 1.15. The Morgan fingerprint density at radius 2 is 2.00 bits per heavy atom. The molecular weight excluding hydrogens is 234 g/mol. The van der Waals surface area contributed by atoms with Crippen molar-refractivity contribution in [2.75, 3.05) is 6.54 Å². The minimum Gasteiger partial charge on any atom is -0.459 e. The van der Waals surface area contributed by atoms with Crippen LogP contribution < -0.4 is 5.32 Å². The summed E-state index contributed by atoms with van der Waals surface area (Å²) in [5.74, 6) is 1.96. The third-order valence-corrected chi connectivity index (χ3v) is 4.83. The van der Waals surface area contributed by atoms with Crippen LogP contribution in [-0.2, 0) is 5.54 Å². The van der Waals surface area contributed by atoms with Crippen molar-refractivity contribution in [2.45, 2.75) is 44.1 Å². The lowest BCUT2D eigenvalue weighted by Gasteiger charge is -2.32. The van der Waals surface area contributed by atoms with Crippen LogP contribution in [0.5, 0.6) is 0 Å². The van der Waals surface area contributed by atoms with Crippen LogP contribution in [0.3, 0.4) is 0 Å². The number of nitrogens with one attached hydrogen (secondary N) is 1. The summed E-state index contributed by atoms with van der Waals surface area (Å²) in [4.78, 5) is 0. The summed E-state index contributed by atoms with van der Waals surface area (Å²) < 4.78 is 6.21. The predicted molar refractivity (Wildman–Crippen MR) is 77.1 cm³/mol. The van der Waals surface area contributed by atoms with Crippen molar-refractivity contribution in [3.8, 4) is 0 Å². The van der Waals surface area contributed by atoms with E-state index in [-0.39, 0.29) is 5.54 Å². The highest BCUT2D eigenvalue weighted by atomic mass is 16.3. The zero-order chi connectivity index (χ0) is 12.7. The van der Waals surface area contributed by atoms with Crippen LogP contribution in [0.15, 0.2) is 34.7 Å². The minimum atomic E-state index is 0.121. The van der Waals surface area contributed by atoms with Gasteiger partial charge in [0.1, 0.15) is 11.3 Å². The molecule has 0 spiro atoms. The Bertz CT molecular complexity index is 541. The SMILES string of the molecule is c1ccc2oc(C3(C4CC4)CCCCCN3)cc2c1. The molecule has 100 valence electrons. The monoisotopic (exact) mass is 255 g/mol. The Morgan fingerprint density at radius 3 is 2.84 bits per heavy atom. The van der Waals surface area contributed by atoms with Gasteiger partial charge in [-0.2, -0.15) is 0 Å². The van der Waals surface area contributed by atoms with E-state index in [0.29, 0.717) is 0 Å². The number of hydrogen-bond acceptors (Lipinski definition) is 2. The summed E-state index contributed by atoms with van der Waals surface area (Å²) in [6.45, 7) is 1.13. The van der Waals surface area contributed by atoms with Crippen LogP contribution in [0, 0.1) is 5.92 Å². The number of fused-ring (bicyclic) bond motifs is 1. The summed E-state index contributed by atoms with van der Waals surface area (Å²) >= 11 is 0. The van der Waals surface area contributed by atoms with Crippen molar-refractivity contribution < 1.29 is 4.42 Å². The largest absolute Gasteiger partial charge is 0.459 e. The van der Waals surface area contributed by atoms with Crippen molar-refractivity contribution in [3.05, 3.63) is 36.1 Å². The van der Waals surface area contributed by atoms with Crippen molar-refractivity contribution in [2.24, 2.45) is 5.92 Å². The minimum absolute atomic E-state index is 0.121. The lowest BCUT2D eigenvalue weighted by atomic mass is 9.85. The maximum atomic E-state index is 6.21. The Hall–Kier alpha value is -1.28. The fourth-order valence-corrected chi connectivity index (χ4v) is 3.64. The van der Waals surface area contributed by atoms with Gasteiger partial charge >= 0.3 is 0 Å². The fourth-order valence-electron chi connectivity index (χ4n) is 3.64. The molecule has 19 heavy (non-hydrogen) atoms. The zero-order valence-electron chi connectivity index (χ0n) is 11.3. The van der Waals surface area contributed by atoms with Crippen LogP contribution in [0.25, 0.3) is 11.0 Å². The van der Waals surface area contributed by atoms with E-state index in [0.717, 1.165) is 18.0 Å². The van der Waals surface area contributed by atoms with Crippen LogP contribution in [-0.4, -0.2) is 6.54 Å². The van der Waals surface area contributed by atoms with E-state index < -0.39 is 0 Å². The molecule has 1 saturated heterocycles. The van der Waals surface area contributed by atoms with Gasteiger partial charge in [0.25, 0.3) is 0 Å². The smallest absolute Gasteiger partial charge is 0.134 e. The van der Waals surface area contributed by atoms with Crippen LogP contribution >= 0.6 is 0 Å². The average Bonchev–Trinajstić information content (AvgIpc) is 3.22. The van der Waals surface area contributed by atoms with Gasteiger partial charge in [-0.1, -0.05) is 31.0 Å². The Balaban J connectivity index is 1.80. The number of rotatable bonds is 2. The molecule has 2 nitrogen and oxygen atoms in total. The number of hydrogen-bond donors (Lipinski definition) is 1. The third kappa shape index (κ3) is 1.90. The van der Waals surface area contributed by atoms with Gasteiger partial charge in [0.15, 0.2) is 0 Å². The standard InChI is InChI=1S/C17H21NO/c1-4-10-17(14-8-9-14,18-11-5-1)16-12-13-6-2-3-7-15(13)19-16/h2-3,6-7,12,14,18H,1,4-5,8-11H2. The van der Waals surface area contributed by atoms with Crippen LogP contribution in [0.1, 0.15) is 44.3 Å². The first-order valence-corrected chi connectivity index (χ1v) is 7.63. The first kappa shape index (κ1) is 11.5. The van der Waals surface area contributed by atoms with E-state index in [2.05, 4.69) is 35.6 Å². The molecule has 1 aromatic carbocycles. The molecule has 1 N–H and O–H groups in total. The molecule has 1 saturated carbocycles. The molecule has 0 bridgehead atoms. The highest BCUT2D eigenvalue weighted by molar-refractivity contribution is 5.78. The first-order valence-electron chi connectivity index (χ1n) is 7.63. The highest BCUT2D eigenvalue weighted by Gasteiger charge is 2.48. The molecule has 1 aromatic heterocycles. The molecule has 2 aromatic rings. The van der Waals surface area contributed by atoms with E-state index >= 15 is 0 Å². The molecular formula is C17H21NO. The van der Waals surface area contributed by atoms with E-state index in [9.17, 15) is 0 Å². The second kappa shape index (κ2) is 4.38. The molecule has 2 heterocycles. The fraction of sp³-hybridized carbons (Fsp3) is 0.529. The summed E-state index contributed by atoms with van der Waals surface area (Å²) in [6, 6.07) is 10.6. The van der Waals surface area contributed by atoms with E-state index in [1.54, 1.807) is 0 Å². The Labute approximate surface area is 114 Å². The molecule has 1 aliphatic carbocycles. The summed E-state index contributed by atoms with van der Waals surface area (Å²) in [5, 5.41) is 5.08. The van der Waals surface area contributed by atoms with E-state index in [4.69, 9.17) is 4.42 Å². The van der Waals surface area contributed by atoms with Gasteiger partial charge in [-0.3, -0.25) is 0 Å². The number of furan rings is 1. The second-order valence-electron chi connectivity index (χ2n) is 6.13. The van der Waals surface area contributed by atoms with E-state index in [1.807, 2.05) is 0 Å². The van der Waals surface area contributed by atoms with Crippen LogP contribution in [0.4, 0.5) is 0 Å². The average molecular weight is 255 g/mol. The summed E-state index contributed by atoms with van der Waals surface area (Å²) in [7, 11) is 0. The number of benzene rings is 1. The van der Waals surface area contributed by atoms with Gasteiger partial charge in [0, 0.05) is 5.39 Å². The van der Waals surface area contributed by atoms with Gasteiger partial charge in [-0.25, -0.2) is 0 Å². The molecule has 0 amide bonds. The summed E-state index contributed by atoms with van der Waals surface area (Å²) in [6.07, 6.45) is 7.91. The van der Waals surface area contributed by atoms with Crippen molar-refractivity contribution in [1.82, 2.24) is 5.32 Å². The molecule has 4 rings (SSSR count). The normalized spacial score (nSPS) is 28.4. The molecule has 0 radical (unpaired) electrons. The maximum absolute atomic E-state index is 6.21. The van der Waals surface area contributed by atoms with Gasteiger partial charge < -0.3 is 9.73 Å². The van der Waals surface area contributed by atoms with Crippen LogP contribution in [0.2, 0.25) is 0 Å². The van der Waals surface area contributed by atoms with Crippen molar-refractivity contribution in [1.29, 1.82) is 0 Å². The topological polar surface area (TPSA) is 25.2 Å².